The van der Waals surface area contributed by atoms with Crippen molar-refractivity contribution >= 4 is 30.1 Å². The van der Waals surface area contributed by atoms with Crippen molar-refractivity contribution in [1.29, 1.82) is 0 Å². The molecule has 0 aromatic carbocycles. The summed E-state index contributed by atoms with van der Waals surface area (Å²) in [4.78, 5) is 11.9. The van der Waals surface area contributed by atoms with Crippen molar-refractivity contribution in [1.82, 2.24) is 10.6 Å². The molecule has 1 unspecified atom stereocenters. The van der Waals surface area contributed by atoms with Gasteiger partial charge in [0.25, 0.3) is 0 Å². The van der Waals surface area contributed by atoms with Crippen LogP contribution in [0.2, 0.25) is 0 Å². The largest absolute Gasteiger partial charge is 0.351 e. The van der Waals surface area contributed by atoms with Gasteiger partial charge in [0.1, 0.15) is 0 Å². The van der Waals surface area contributed by atoms with Gasteiger partial charge in [0.05, 0.1) is 0 Å². The number of amides is 1. The van der Waals surface area contributed by atoms with Crippen LogP contribution < -0.4 is 10.6 Å². The molecule has 5 heteroatoms. The van der Waals surface area contributed by atoms with Gasteiger partial charge < -0.3 is 10.6 Å². The number of rotatable bonds is 4. The molecule has 1 amide bonds. The van der Waals surface area contributed by atoms with Crippen LogP contribution in [0.3, 0.4) is 0 Å². The van der Waals surface area contributed by atoms with E-state index in [-0.39, 0.29) is 29.8 Å². The molecule has 1 fully saturated rings. The lowest BCUT2D eigenvalue weighted by molar-refractivity contribution is -0.125. The minimum atomic E-state index is 0. The highest BCUT2D eigenvalue weighted by Gasteiger charge is 2.29. The number of piperidine rings is 1. The van der Waals surface area contributed by atoms with Crippen molar-refractivity contribution in [3.05, 3.63) is 0 Å². The quantitative estimate of drug-likeness (QED) is 0.813. The summed E-state index contributed by atoms with van der Waals surface area (Å²) in [6, 6.07) is 0. The van der Waals surface area contributed by atoms with Crippen LogP contribution in [0.1, 0.15) is 26.7 Å². The summed E-state index contributed by atoms with van der Waals surface area (Å²) in [5.41, 5.74) is 0.00893. The first-order valence-electron chi connectivity index (χ1n) is 5.59. The summed E-state index contributed by atoms with van der Waals surface area (Å²) in [7, 11) is 0. The van der Waals surface area contributed by atoms with Crippen LogP contribution in [-0.2, 0) is 4.79 Å². The Bertz CT molecular complexity index is 220. The molecule has 0 aromatic heterocycles. The summed E-state index contributed by atoms with van der Waals surface area (Å²) >= 11 is 1.73. The highest BCUT2D eigenvalue weighted by atomic mass is 35.5. The first kappa shape index (κ1) is 16.1. The molecule has 0 aromatic rings. The molecule has 1 heterocycles. The third kappa shape index (κ3) is 4.93. The van der Waals surface area contributed by atoms with Crippen molar-refractivity contribution < 1.29 is 4.79 Å². The maximum Gasteiger partial charge on any atom is 0.224 e. The second-order valence-corrected chi connectivity index (χ2v) is 5.57. The van der Waals surface area contributed by atoms with Gasteiger partial charge in [-0.15, -0.1) is 12.4 Å². The van der Waals surface area contributed by atoms with Crippen molar-refractivity contribution in [2.45, 2.75) is 32.2 Å². The fourth-order valence-electron chi connectivity index (χ4n) is 1.85. The van der Waals surface area contributed by atoms with Crippen molar-refractivity contribution in [3.63, 3.8) is 0 Å². The number of carbonyl (C=O) groups excluding carboxylic acids is 1. The van der Waals surface area contributed by atoms with Gasteiger partial charge in [0.2, 0.25) is 5.91 Å². The van der Waals surface area contributed by atoms with Crippen LogP contribution in [0.25, 0.3) is 0 Å². The molecule has 16 heavy (non-hydrogen) atoms. The van der Waals surface area contributed by atoms with E-state index in [0.717, 1.165) is 31.7 Å². The molecule has 0 aliphatic carbocycles. The van der Waals surface area contributed by atoms with Gasteiger partial charge in [0.15, 0.2) is 0 Å². The Hall–Kier alpha value is 0.0700. The lowest BCUT2D eigenvalue weighted by atomic mass is 9.90. The van der Waals surface area contributed by atoms with E-state index in [2.05, 4.69) is 17.6 Å². The molecular weight excluding hydrogens is 244 g/mol. The molecule has 1 saturated heterocycles. The summed E-state index contributed by atoms with van der Waals surface area (Å²) in [5.74, 6) is 1.22. The van der Waals surface area contributed by atoms with Crippen LogP contribution in [0, 0.1) is 5.92 Å². The number of halogens is 1. The molecule has 1 rings (SSSR count). The minimum Gasteiger partial charge on any atom is -0.351 e. The lowest BCUT2D eigenvalue weighted by Gasteiger charge is -2.35. The second kappa shape index (κ2) is 7.41. The average Bonchev–Trinajstić information content (AvgIpc) is 2.18. The molecule has 2 N–H and O–H groups in total. The molecule has 1 atom stereocenters. The van der Waals surface area contributed by atoms with Gasteiger partial charge in [0, 0.05) is 17.2 Å². The third-order valence-electron chi connectivity index (χ3n) is 3.00. The van der Waals surface area contributed by atoms with E-state index in [1.807, 2.05) is 13.2 Å². The van der Waals surface area contributed by atoms with Crippen LogP contribution >= 0.6 is 24.2 Å². The maximum absolute atomic E-state index is 11.9. The molecule has 0 radical (unpaired) electrons. The number of thioether (sulfide) groups is 1. The Balaban J connectivity index is 0.00000225. The van der Waals surface area contributed by atoms with Crippen LogP contribution in [0.4, 0.5) is 0 Å². The van der Waals surface area contributed by atoms with Crippen LogP contribution in [-0.4, -0.2) is 36.5 Å². The molecule has 3 nitrogen and oxygen atoms in total. The van der Waals surface area contributed by atoms with E-state index in [0.29, 0.717) is 0 Å². The average molecular weight is 267 g/mol. The van der Waals surface area contributed by atoms with Gasteiger partial charge >= 0.3 is 0 Å². The van der Waals surface area contributed by atoms with E-state index >= 15 is 0 Å². The van der Waals surface area contributed by atoms with Gasteiger partial charge in [-0.05, 0) is 39.1 Å². The smallest absolute Gasteiger partial charge is 0.224 e. The fraction of sp³-hybridized carbons (Fsp3) is 0.909. The van der Waals surface area contributed by atoms with E-state index in [1.165, 1.54) is 0 Å². The van der Waals surface area contributed by atoms with E-state index in [4.69, 9.17) is 0 Å². The van der Waals surface area contributed by atoms with E-state index in [1.54, 1.807) is 11.8 Å². The van der Waals surface area contributed by atoms with Crippen molar-refractivity contribution in [3.8, 4) is 0 Å². The Morgan fingerprint density at radius 1 is 1.50 bits per heavy atom. The van der Waals surface area contributed by atoms with Crippen LogP contribution in [0.5, 0.6) is 0 Å². The number of carbonyl (C=O) groups is 1. The predicted octanol–water partition coefficient (Wildman–Crippen LogP) is 1.67. The molecule has 1 aliphatic heterocycles. The standard InChI is InChI=1S/C11H22N2OS.ClH/c1-9(8-15-3)10(14)13-11(2)4-6-12-7-5-11;/h9,12H,4-8H2,1-3H3,(H,13,14);1H. The van der Waals surface area contributed by atoms with Crippen molar-refractivity contribution in [2.24, 2.45) is 5.92 Å². The topological polar surface area (TPSA) is 41.1 Å². The molecule has 0 bridgehead atoms. The first-order valence-corrected chi connectivity index (χ1v) is 6.98. The number of nitrogens with one attached hydrogen (secondary N) is 2. The van der Waals surface area contributed by atoms with Gasteiger partial charge in [-0.25, -0.2) is 0 Å². The Labute approximate surface area is 109 Å². The van der Waals surface area contributed by atoms with Gasteiger partial charge in [-0.2, -0.15) is 11.8 Å². The van der Waals surface area contributed by atoms with Gasteiger partial charge in [-0.1, -0.05) is 6.92 Å². The SMILES string of the molecule is CSCC(C)C(=O)NC1(C)CCNCC1.Cl. The zero-order chi connectivity index (χ0) is 11.3. The van der Waals surface area contributed by atoms with Crippen molar-refractivity contribution in [2.75, 3.05) is 25.1 Å². The molecular formula is C11H23ClN2OS. The lowest BCUT2D eigenvalue weighted by Crippen LogP contribution is -2.53. The zero-order valence-electron chi connectivity index (χ0n) is 10.3. The predicted molar refractivity (Wildman–Crippen MR) is 73.4 cm³/mol. The molecule has 1 aliphatic rings. The third-order valence-corrected chi connectivity index (χ3v) is 3.83. The monoisotopic (exact) mass is 266 g/mol. The van der Waals surface area contributed by atoms with Crippen LogP contribution in [0.15, 0.2) is 0 Å². The summed E-state index contributed by atoms with van der Waals surface area (Å²) < 4.78 is 0. The highest BCUT2D eigenvalue weighted by molar-refractivity contribution is 7.98. The zero-order valence-corrected chi connectivity index (χ0v) is 12.0. The normalized spacial score (nSPS) is 20.7. The Morgan fingerprint density at radius 3 is 2.56 bits per heavy atom. The Kier molecular flexibility index (Phi) is 7.44. The summed E-state index contributed by atoms with van der Waals surface area (Å²) in [5, 5.41) is 6.50. The summed E-state index contributed by atoms with van der Waals surface area (Å²) in [6.45, 7) is 6.16. The fourth-order valence-corrected chi connectivity index (χ4v) is 2.50. The molecule has 0 saturated carbocycles. The maximum atomic E-state index is 11.9. The second-order valence-electron chi connectivity index (χ2n) is 4.66. The number of hydrogen-bond donors (Lipinski definition) is 2. The van der Waals surface area contributed by atoms with E-state index in [9.17, 15) is 4.79 Å². The number of hydrogen-bond acceptors (Lipinski definition) is 3. The molecule has 0 spiro atoms. The van der Waals surface area contributed by atoms with E-state index < -0.39 is 0 Å². The highest BCUT2D eigenvalue weighted by Crippen LogP contribution is 2.18. The minimum absolute atomic E-state index is 0. The molecule has 96 valence electrons. The Morgan fingerprint density at radius 2 is 2.06 bits per heavy atom. The summed E-state index contributed by atoms with van der Waals surface area (Å²) in [6.07, 6.45) is 4.10. The van der Waals surface area contributed by atoms with Gasteiger partial charge in [-0.3, -0.25) is 4.79 Å². The first-order chi connectivity index (χ1) is 7.07.